The van der Waals surface area contributed by atoms with Crippen molar-refractivity contribution in [3.8, 4) is 0 Å². The maximum atomic E-state index is 13.9. The molecule has 4 rings (SSSR count). The first-order chi connectivity index (χ1) is 12.6. The molecule has 1 atom stereocenters. The number of Topliss-reactive ketones (excluding diaryl/α,β-unsaturated/α-hetero) is 1. The highest BCUT2D eigenvalue weighted by molar-refractivity contribution is 5.99. The molecule has 1 saturated heterocycles. The van der Waals surface area contributed by atoms with Crippen molar-refractivity contribution in [2.45, 2.75) is 38.5 Å². The number of nitrogens with one attached hydrogen (secondary N) is 1. The standard InChI is InChI=1S/C20H22FN3O2/c21-16-9-3-1-7-14(16)19(25)13-6-5-11-24(12-13)20(26)18-15-8-2-4-10-17(15)22-23-18/h1,3,7,9,13H,2,4-6,8,10-12H2,(H,22,23)/t13-/m0/s1. The van der Waals surface area contributed by atoms with Gasteiger partial charge in [-0.1, -0.05) is 12.1 Å². The van der Waals surface area contributed by atoms with Crippen LogP contribution < -0.4 is 0 Å². The molecule has 1 aromatic heterocycles. The van der Waals surface area contributed by atoms with E-state index in [4.69, 9.17) is 0 Å². The summed E-state index contributed by atoms with van der Waals surface area (Å²) in [5.41, 5.74) is 2.71. The van der Waals surface area contributed by atoms with Gasteiger partial charge in [-0.3, -0.25) is 14.7 Å². The summed E-state index contributed by atoms with van der Waals surface area (Å²) < 4.78 is 13.9. The zero-order valence-electron chi connectivity index (χ0n) is 14.6. The molecule has 1 fully saturated rings. The summed E-state index contributed by atoms with van der Waals surface area (Å²) in [4.78, 5) is 27.4. The van der Waals surface area contributed by atoms with Gasteiger partial charge in [-0.15, -0.1) is 0 Å². The van der Waals surface area contributed by atoms with E-state index in [9.17, 15) is 14.0 Å². The van der Waals surface area contributed by atoms with Gasteiger partial charge in [0.1, 0.15) is 5.82 Å². The van der Waals surface area contributed by atoms with Gasteiger partial charge in [0.25, 0.3) is 5.91 Å². The fourth-order valence-electron chi connectivity index (χ4n) is 4.06. The maximum Gasteiger partial charge on any atom is 0.274 e. The van der Waals surface area contributed by atoms with E-state index in [-0.39, 0.29) is 23.2 Å². The quantitative estimate of drug-likeness (QED) is 0.860. The van der Waals surface area contributed by atoms with Crippen LogP contribution >= 0.6 is 0 Å². The number of benzene rings is 1. The molecule has 136 valence electrons. The molecule has 1 amide bonds. The van der Waals surface area contributed by atoms with Crippen LogP contribution in [0.3, 0.4) is 0 Å². The molecule has 2 aliphatic rings. The molecule has 1 N–H and O–H groups in total. The van der Waals surface area contributed by atoms with E-state index in [1.807, 2.05) is 0 Å². The van der Waals surface area contributed by atoms with E-state index in [0.717, 1.165) is 43.4 Å². The summed E-state index contributed by atoms with van der Waals surface area (Å²) in [6.07, 6.45) is 5.41. The maximum absolute atomic E-state index is 13.9. The van der Waals surface area contributed by atoms with Gasteiger partial charge in [0.15, 0.2) is 11.5 Å². The minimum Gasteiger partial charge on any atom is -0.337 e. The number of aryl methyl sites for hydroxylation is 1. The Morgan fingerprint density at radius 3 is 2.81 bits per heavy atom. The zero-order valence-corrected chi connectivity index (χ0v) is 14.6. The summed E-state index contributed by atoms with van der Waals surface area (Å²) in [7, 11) is 0. The number of nitrogens with zero attached hydrogens (tertiary/aromatic N) is 2. The molecule has 0 unspecified atom stereocenters. The van der Waals surface area contributed by atoms with Crippen LogP contribution in [0.15, 0.2) is 24.3 Å². The Morgan fingerprint density at radius 1 is 1.15 bits per heavy atom. The first-order valence-corrected chi connectivity index (χ1v) is 9.29. The van der Waals surface area contributed by atoms with E-state index in [1.54, 1.807) is 17.0 Å². The van der Waals surface area contributed by atoms with Gasteiger partial charge in [-0.05, 0) is 50.7 Å². The minimum atomic E-state index is -0.498. The average molecular weight is 355 g/mol. The average Bonchev–Trinajstić information content (AvgIpc) is 3.11. The Hall–Kier alpha value is -2.50. The number of aromatic amines is 1. The van der Waals surface area contributed by atoms with Crippen LogP contribution in [0, 0.1) is 11.7 Å². The number of amides is 1. The molecular formula is C20H22FN3O2. The number of piperidine rings is 1. The van der Waals surface area contributed by atoms with Crippen LogP contribution in [0.5, 0.6) is 0 Å². The second-order valence-electron chi connectivity index (χ2n) is 7.17. The van der Waals surface area contributed by atoms with Crippen molar-refractivity contribution in [2.24, 2.45) is 5.92 Å². The molecule has 0 saturated carbocycles. The number of halogens is 1. The van der Waals surface area contributed by atoms with Crippen LogP contribution in [0.2, 0.25) is 0 Å². The normalized spacial score (nSPS) is 19.9. The van der Waals surface area contributed by atoms with Crippen LogP contribution in [-0.4, -0.2) is 39.9 Å². The van der Waals surface area contributed by atoms with Crippen molar-refractivity contribution >= 4 is 11.7 Å². The first kappa shape index (κ1) is 16.9. The smallest absolute Gasteiger partial charge is 0.274 e. The minimum absolute atomic E-state index is 0.115. The highest BCUT2D eigenvalue weighted by Gasteiger charge is 2.32. The van der Waals surface area contributed by atoms with Crippen LogP contribution in [0.4, 0.5) is 4.39 Å². The summed E-state index contributed by atoms with van der Waals surface area (Å²) >= 11 is 0. The van der Waals surface area contributed by atoms with Gasteiger partial charge in [-0.2, -0.15) is 5.10 Å². The van der Waals surface area contributed by atoms with E-state index >= 15 is 0 Å². The Kier molecular flexibility index (Phi) is 4.57. The Labute approximate surface area is 151 Å². The SMILES string of the molecule is O=C(c1ccccc1F)[C@H]1CCCN(C(=O)c2n[nH]c3c2CCCC3)C1. The first-order valence-electron chi connectivity index (χ1n) is 9.29. The van der Waals surface area contributed by atoms with Gasteiger partial charge in [0.05, 0.1) is 5.56 Å². The molecule has 0 bridgehead atoms. The Balaban J connectivity index is 1.52. The molecule has 5 nitrogen and oxygen atoms in total. The van der Waals surface area contributed by atoms with Gasteiger partial charge in [0.2, 0.25) is 0 Å². The number of hydrogen-bond acceptors (Lipinski definition) is 3. The molecule has 1 aliphatic heterocycles. The Morgan fingerprint density at radius 2 is 1.96 bits per heavy atom. The van der Waals surface area contributed by atoms with Crippen molar-refractivity contribution in [3.63, 3.8) is 0 Å². The lowest BCUT2D eigenvalue weighted by Gasteiger charge is -2.32. The van der Waals surface area contributed by atoms with E-state index in [0.29, 0.717) is 25.2 Å². The fourth-order valence-corrected chi connectivity index (χ4v) is 4.06. The topological polar surface area (TPSA) is 66.1 Å². The number of hydrogen-bond donors (Lipinski definition) is 1. The second-order valence-corrected chi connectivity index (χ2v) is 7.17. The third-order valence-electron chi connectivity index (χ3n) is 5.48. The summed E-state index contributed by atoms with van der Waals surface area (Å²) in [6, 6.07) is 6.05. The van der Waals surface area contributed by atoms with Crippen molar-refractivity contribution in [3.05, 3.63) is 52.6 Å². The lowest BCUT2D eigenvalue weighted by Crippen LogP contribution is -2.43. The number of aromatic nitrogens is 2. The number of likely N-dealkylation sites (tertiary alicyclic amines) is 1. The molecule has 6 heteroatoms. The number of carbonyl (C=O) groups excluding carboxylic acids is 2. The zero-order chi connectivity index (χ0) is 18.1. The van der Waals surface area contributed by atoms with E-state index < -0.39 is 5.82 Å². The lowest BCUT2D eigenvalue weighted by molar-refractivity contribution is 0.0630. The molecule has 0 spiro atoms. The number of fused-ring (bicyclic) bond motifs is 1. The summed E-state index contributed by atoms with van der Waals surface area (Å²) in [6.45, 7) is 0.940. The van der Waals surface area contributed by atoms with Gasteiger partial charge in [0, 0.05) is 30.3 Å². The lowest BCUT2D eigenvalue weighted by atomic mass is 9.89. The largest absolute Gasteiger partial charge is 0.337 e. The second kappa shape index (κ2) is 7.02. The molecule has 26 heavy (non-hydrogen) atoms. The van der Waals surface area contributed by atoms with Gasteiger partial charge >= 0.3 is 0 Å². The van der Waals surface area contributed by atoms with Crippen molar-refractivity contribution in [1.29, 1.82) is 0 Å². The molecule has 2 heterocycles. The van der Waals surface area contributed by atoms with Crippen molar-refractivity contribution in [2.75, 3.05) is 13.1 Å². The van der Waals surface area contributed by atoms with Crippen LogP contribution in [0.1, 0.15) is 57.8 Å². The van der Waals surface area contributed by atoms with Crippen molar-refractivity contribution < 1.29 is 14.0 Å². The third kappa shape index (κ3) is 3.04. The molecule has 0 radical (unpaired) electrons. The highest BCUT2D eigenvalue weighted by Crippen LogP contribution is 2.26. The molecule has 2 aromatic rings. The van der Waals surface area contributed by atoms with Gasteiger partial charge < -0.3 is 4.90 Å². The monoisotopic (exact) mass is 355 g/mol. The number of ketones is 1. The van der Waals surface area contributed by atoms with Gasteiger partial charge in [-0.25, -0.2) is 4.39 Å². The van der Waals surface area contributed by atoms with Crippen LogP contribution in [-0.2, 0) is 12.8 Å². The molecular weight excluding hydrogens is 333 g/mol. The third-order valence-corrected chi connectivity index (χ3v) is 5.48. The summed E-state index contributed by atoms with van der Waals surface area (Å²) in [5, 5.41) is 7.25. The summed E-state index contributed by atoms with van der Waals surface area (Å²) in [5.74, 6) is -1.19. The van der Waals surface area contributed by atoms with E-state index in [1.165, 1.54) is 12.1 Å². The number of carbonyl (C=O) groups is 2. The predicted octanol–water partition coefficient (Wildman–Crippen LogP) is 3.16. The predicted molar refractivity (Wildman–Crippen MR) is 94.6 cm³/mol. The highest BCUT2D eigenvalue weighted by atomic mass is 19.1. The Bertz CT molecular complexity index is 845. The van der Waals surface area contributed by atoms with Crippen molar-refractivity contribution in [1.82, 2.24) is 15.1 Å². The van der Waals surface area contributed by atoms with Crippen LogP contribution in [0.25, 0.3) is 0 Å². The number of H-pyrrole nitrogens is 1. The molecule has 1 aliphatic carbocycles. The van der Waals surface area contributed by atoms with E-state index in [2.05, 4.69) is 10.2 Å². The molecule has 1 aromatic carbocycles. The fraction of sp³-hybridized carbons (Fsp3) is 0.450. The number of rotatable bonds is 3.